The Labute approximate surface area is 91.4 Å². The minimum Gasteiger partial charge on any atom is -0.481 e. The Kier molecular flexibility index (Phi) is 3.79. The van der Waals surface area contributed by atoms with Crippen molar-refractivity contribution in [3.05, 3.63) is 16.6 Å². The van der Waals surface area contributed by atoms with E-state index in [4.69, 9.17) is 5.11 Å². The van der Waals surface area contributed by atoms with Gasteiger partial charge in [0.2, 0.25) is 0 Å². The molecule has 1 atom stereocenters. The fourth-order valence-corrected chi connectivity index (χ4v) is 1.69. The van der Waals surface area contributed by atoms with Crippen LogP contribution in [0, 0.1) is 5.92 Å². The predicted molar refractivity (Wildman–Crippen MR) is 55.9 cm³/mol. The second-order valence-corrected chi connectivity index (χ2v) is 4.18. The second kappa shape index (κ2) is 4.88. The Balaban J connectivity index is 2.58. The summed E-state index contributed by atoms with van der Waals surface area (Å²) in [6.45, 7) is 1.77. The maximum atomic E-state index is 11.7. The van der Waals surface area contributed by atoms with Gasteiger partial charge in [0.15, 0.2) is 0 Å². The third-order valence-corrected chi connectivity index (χ3v) is 2.72. The molecule has 1 N–H and O–H groups in total. The fourth-order valence-electron chi connectivity index (χ4n) is 1.08. The molecule has 6 heteroatoms. The predicted octanol–water partition coefficient (Wildman–Crippen LogP) is 0.936. The molecule has 1 heterocycles. The molecule has 0 aliphatic heterocycles. The van der Waals surface area contributed by atoms with Gasteiger partial charge >= 0.3 is 5.97 Å². The van der Waals surface area contributed by atoms with E-state index in [9.17, 15) is 9.59 Å². The van der Waals surface area contributed by atoms with Crippen LogP contribution in [-0.4, -0.2) is 40.5 Å². The first-order valence-electron chi connectivity index (χ1n) is 4.39. The van der Waals surface area contributed by atoms with Gasteiger partial charge in [-0.15, -0.1) is 11.3 Å². The molecule has 0 saturated heterocycles. The first-order valence-corrected chi connectivity index (χ1v) is 5.27. The lowest BCUT2D eigenvalue weighted by Gasteiger charge is -2.18. The minimum absolute atomic E-state index is 0.189. The van der Waals surface area contributed by atoms with Crippen molar-refractivity contribution in [3.63, 3.8) is 0 Å². The first-order chi connectivity index (χ1) is 7.02. The smallest absolute Gasteiger partial charge is 0.308 e. The van der Waals surface area contributed by atoms with Crippen LogP contribution in [0.3, 0.4) is 0 Å². The molecule has 82 valence electrons. The molecule has 1 rings (SSSR count). The summed E-state index contributed by atoms with van der Waals surface area (Å²) in [5, 5.41) is 8.70. The van der Waals surface area contributed by atoms with E-state index < -0.39 is 11.9 Å². The maximum Gasteiger partial charge on any atom is 0.308 e. The van der Waals surface area contributed by atoms with Gasteiger partial charge in [-0.1, -0.05) is 6.92 Å². The highest BCUT2D eigenvalue weighted by atomic mass is 32.1. The molecule has 5 nitrogen and oxygen atoms in total. The van der Waals surface area contributed by atoms with E-state index in [-0.39, 0.29) is 12.5 Å². The molecule has 0 aliphatic carbocycles. The summed E-state index contributed by atoms with van der Waals surface area (Å²) < 4.78 is 0. The number of thiazole rings is 1. The average Bonchev–Trinajstić information content (AvgIpc) is 2.68. The zero-order chi connectivity index (χ0) is 11.4. The summed E-state index contributed by atoms with van der Waals surface area (Å²) in [5.74, 6) is -1.66. The average molecular weight is 228 g/mol. The van der Waals surface area contributed by atoms with E-state index >= 15 is 0 Å². The van der Waals surface area contributed by atoms with Gasteiger partial charge in [0.25, 0.3) is 5.91 Å². The molecule has 1 aromatic heterocycles. The van der Waals surface area contributed by atoms with Crippen LogP contribution in [0.2, 0.25) is 0 Å². The SMILES string of the molecule is CC(CN(C)C(=O)c1cncs1)C(=O)O. The number of carboxylic acid groups (broad SMARTS) is 1. The fraction of sp³-hybridized carbons (Fsp3) is 0.444. The summed E-state index contributed by atoms with van der Waals surface area (Å²) >= 11 is 1.25. The van der Waals surface area contributed by atoms with Gasteiger partial charge in [0.1, 0.15) is 4.88 Å². The van der Waals surface area contributed by atoms with Crippen LogP contribution in [-0.2, 0) is 4.79 Å². The van der Waals surface area contributed by atoms with Gasteiger partial charge in [-0.2, -0.15) is 0 Å². The Hall–Kier alpha value is -1.43. The summed E-state index contributed by atoms with van der Waals surface area (Å²) in [6, 6.07) is 0. The normalized spacial score (nSPS) is 12.1. The van der Waals surface area contributed by atoms with Gasteiger partial charge in [0.05, 0.1) is 17.6 Å². The number of aromatic nitrogens is 1. The van der Waals surface area contributed by atoms with Crippen LogP contribution in [0.1, 0.15) is 16.6 Å². The summed E-state index contributed by atoms with van der Waals surface area (Å²) in [6.07, 6.45) is 1.48. The van der Waals surface area contributed by atoms with Crippen LogP contribution in [0.25, 0.3) is 0 Å². The molecule has 1 unspecified atom stereocenters. The Morgan fingerprint density at radius 1 is 1.67 bits per heavy atom. The van der Waals surface area contributed by atoms with Gasteiger partial charge in [-0.25, -0.2) is 0 Å². The number of hydrogen-bond donors (Lipinski definition) is 1. The zero-order valence-corrected chi connectivity index (χ0v) is 9.32. The minimum atomic E-state index is -0.904. The third-order valence-electron chi connectivity index (χ3n) is 1.96. The maximum absolute atomic E-state index is 11.7. The van der Waals surface area contributed by atoms with Gasteiger partial charge < -0.3 is 10.0 Å². The van der Waals surface area contributed by atoms with Crippen molar-refractivity contribution < 1.29 is 14.7 Å². The summed E-state index contributed by atoms with van der Waals surface area (Å²) in [5.41, 5.74) is 1.57. The molecule has 0 bridgehead atoms. The van der Waals surface area contributed by atoms with Crippen molar-refractivity contribution in [3.8, 4) is 0 Å². The molecule has 0 saturated carbocycles. The highest BCUT2D eigenvalue weighted by molar-refractivity contribution is 7.11. The lowest BCUT2D eigenvalue weighted by molar-refractivity contribution is -0.141. The topological polar surface area (TPSA) is 70.5 Å². The van der Waals surface area contributed by atoms with Crippen LogP contribution >= 0.6 is 11.3 Å². The standard InChI is InChI=1S/C9H12N2O3S/c1-6(9(13)14)4-11(2)8(12)7-3-10-5-15-7/h3,5-6H,4H2,1-2H3,(H,13,14). The number of hydrogen-bond acceptors (Lipinski definition) is 4. The number of carbonyl (C=O) groups excluding carboxylic acids is 1. The highest BCUT2D eigenvalue weighted by Crippen LogP contribution is 2.10. The Morgan fingerprint density at radius 2 is 2.33 bits per heavy atom. The second-order valence-electron chi connectivity index (χ2n) is 3.29. The van der Waals surface area contributed by atoms with E-state index in [0.29, 0.717) is 4.88 Å². The summed E-state index contributed by atoms with van der Waals surface area (Å²) in [7, 11) is 1.58. The van der Waals surface area contributed by atoms with Gasteiger partial charge in [-0.3, -0.25) is 14.6 Å². The van der Waals surface area contributed by atoms with E-state index in [1.54, 1.807) is 19.5 Å². The van der Waals surface area contributed by atoms with Crippen LogP contribution in [0.15, 0.2) is 11.7 Å². The van der Waals surface area contributed by atoms with Crippen molar-refractivity contribution >= 4 is 23.2 Å². The molecule has 0 spiro atoms. The van der Waals surface area contributed by atoms with Crippen molar-refractivity contribution in [2.75, 3.05) is 13.6 Å². The Bertz CT molecular complexity index is 350. The van der Waals surface area contributed by atoms with E-state index in [1.807, 2.05) is 0 Å². The van der Waals surface area contributed by atoms with Crippen LogP contribution in [0.5, 0.6) is 0 Å². The molecule has 0 aliphatic rings. The van der Waals surface area contributed by atoms with Crippen molar-refractivity contribution in [1.82, 2.24) is 9.88 Å². The number of carboxylic acids is 1. The van der Waals surface area contributed by atoms with Gasteiger partial charge in [0, 0.05) is 13.6 Å². The number of aliphatic carboxylic acids is 1. The number of amides is 1. The molecule has 1 amide bonds. The molecule has 1 aromatic rings. The van der Waals surface area contributed by atoms with Gasteiger partial charge in [-0.05, 0) is 0 Å². The summed E-state index contributed by atoms with van der Waals surface area (Å²) in [4.78, 5) is 28.0. The number of nitrogens with zero attached hydrogens (tertiary/aromatic N) is 2. The monoisotopic (exact) mass is 228 g/mol. The lowest BCUT2D eigenvalue weighted by Crippen LogP contribution is -2.33. The lowest BCUT2D eigenvalue weighted by atomic mass is 10.2. The number of rotatable bonds is 4. The third kappa shape index (κ3) is 3.02. The molecule has 0 aromatic carbocycles. The van der Waals surface area contributed by atoms with Crippen LogP contribution < -0.4 is 0 Å². The molecular formula is C9H12N2O3S. The van der Waals surface area contributed by atoms with E-state index in [2.05, 4.69) is 4.98 Å². The highest BCUT2D eigenvalue weighted by Gasteiger charge is 2.19. The zero-order valence-electron chi connectivity index (χ0n) is 8.51. The Morgan fingerprint density at radius 3 is 2.80 bits per heavy atom. The largest absolute Gasteiger partial charge is 0.481 e. The number of carbonyl (C=O) groups is 2. The van der Waals surface area contributed by atoms with Crippen molar-refractivity contribution in [2.45, 2.75) is 6.92 Å². The van der Waals surface area contributed by atoms with Crippen molar-refractivity contribution in [1.29, 1.82) is 0 Å². The molecule has 0 fully saturated rings. The van der Waals surface area contributed by atoms with Crippen LogP contribution in [0.4, 0.5) is 0 Å². The molecule has 15 heavy (non-hydrogen) atoms. The van der Waals surface area contributed by atoms with E-state index in [0.717, 1.165) is 0 Å². The first kappa shape index (κ1) is 11.6. The molecular weight excluding hydrogens is 216 g/mol. The van der Waals surface area contributed by atoms with Crippen molar-refractivity contribution in [2.24, 2.45) is 5.92 Å². The quantitative estimate of drug-likeness (QED) is 0.832. The van der Waals surface area contributed by atoms with E-state index in [1.165, 1.54) is 22.4 Å². The molecule has 0 radical (unpaired) electrons.